The number of hydrogen-bond donors (Lipinski definition) is 1. The first kappa shape index (κ1) is 17.7. The standard InChI is InChI=1S/C21H18F2N2O/c1-13-12-24-10-9-18(13)15-3-5-16(6-4-15)21(26)25-14(2)17-7-8-19(22)20(23)11-17/h3-12,14H,1-2H3,(H,25,26). The number of amides is 1. The summed E-state index contributed by atoms with van der Waals surface area (Å²) in [6.45, 7) is 3.70. The van der Waals surface area contributed by atoms with Crippen LogP contribution in [0, 0.1) is 18.6 Å². The number of benzene rings is 2. The molecule has 0 bridgehead atoms. The van der Waals surface area contributed by atoms with Gasteiger partial charge in [0.25, 0.3) is 5.91 Å². The van der Waals surface area contributed by atoms with Crippen molar-refractivity contribution in [3.8, 4) is 11.1 Å². The topological polar surface area (TPSA) is 42.0 Å². The van der Waals surface area contributed by atoms with Crippen LogP contribution in [0.4, 0.5) is 8.78 Å². The monoisotopic (exact) mass is 352 g/mol. The van der Waals surface area contributed by atoms with Crippen molar-refractivity contribution in [2.45, 2.75) is 19.9 Å². The number of aromatic nitrogens is 1. The number of nitrogens with zero attached hydrogens (tertiary/aromatic N) is 1. The summed E-state index contributed by atoms with van der Waals surface area (Å²) < 4.78 is 26.4. The normalized spacial score (nSPS) is 11.8. The summed E-state index contributed by atoms with van der Waals surface area (Å²) in [5, 5.41) is 2.79. The highest BCUT2D eigenvalue weighted by Gasteiger charge is 2.13. The van der Waals surface area contributed by atoms with Gasteiger partial charge >= 0.3 is 0 Å². The van der Waals surface area contributed by atoms with Gasteiger partial charge in [-0.15, -0.1) is 0 Å². The summed E-state index contributed by atoms with van der Waals surface area (Å²) in [5.74, 6) is -2.12. The molecule has 0 saturated carbocycles. The van der Waals surface area contributed by atoms with Crippen LogP contribution in [0.2, 0.25) is 0 Å². The van der Waals surface area contributed by atoms with E-state index < -0.39 is 17.7 Å². The number of nitrogens with one attached hydrogen (secondary N) is 1. The van der Waals surface area contributed by atoms with Gasteiger partial charge in [-0.25, -0.2) is 8.78 Å². The molecule has 5 heteroatoms. The second-order valence-electron chi connectivity index (χ2n) is 6.14. The molecular formula is C21H18F2N2O. The van der Waals surface area contributed by atoms with Gasteiger partial charge in [0.15, 0.2) is 11.6 Å². The minimum Gasteiger partial charge on any atom is -0.346 e. The van der Waals surface area contributed by atoms with Crippen LogP contribution >= 0.6 is 0 Å². The molecule has 1 amide bonds. The molecule has 26 heavy (non-hydrogen) atoms. The van der Waals surface area contributed by atoms with Gasteiger partial charge in [0.05, 0.1) is 6.04 Å². The van der Waals surface area contributed by atoms with E-state index in [2.05, 4.69) is 10.3 Å². The minimum atomic E-state index is -0.930. The van der Waals surface area contributed by atoms with Crippen molar-refractivity contribution in [1.29, 1.82) is 0 Å². The summed E-state index contributed by atoms with van der Waals surface area (Å²) in [4.78, 5) is 16.5. The van der Waals surface area contributed by atoms with Gasteiger partial charge in [-0.2, -0.15) is 0 Å². The van der Waals surface area contributed by atoms with E-state index in [1.165, 1.54) is 6.07 Å². The fraction of sp³-hybridized carbons (Fsp3) is 0.143. The van der Waals surface area contributed by atoms with E-state index in [1.54, 1.807) is 31.5 Å². The molecule has 0 radical (unpaired) electrons. The fourth-order valence-corrected chi connectivity index (χ4v) is 2.74. The zero-order valence-corrected chi connectivity index (χ0v) is 14.5. The molecule has 0 aliphatic heterocycles. The van der Waals surface area contributed by atoms with Crippen molar-refractivity contribution in [3.63, 3.8) is 0 Å². The molecule has 0 saturated heterocycles. The van der Waals surface area contributed by atoms with Crippen molar-refractivity contribution >= 4 is 5.91 Å². The lowest BCUT2D eigenvalue weighted by molar-refractivity contribution is 0.0940. The zero-order chi connectivity index (χ0) is 18.7. The van der Waals surface area contributed by atoms with E-state index >= 15 is 0 Å². The second-order valence-corrected chi connectivity index (χ2v) is 6.14. The Morgan fingerprint density at radius 3 is 2.42 bits per heavy atom. The molecule has 0 aliphatic carbocycles. The Bertz CT molecular complexity index is 939. The smallest absolute Gasteiger partial charge is 0.251 e. The van der Waals surface area contributed by atoms with Crippen molar-refractivity contribution in [1.82, 2.24) is 10.3 Å². The van der Waals surface area contributed by atoms with Crippen LogP contribution in [0.15, 0.2) is 60.9 Å². The molecule has 1 aromatic heterocycles. The predicted octanol–water partition coefficient (Wildman–Crippen LogP) is 4.83. The van der Waals surface area contributed by atoms with Crippen LogP contribution in [-0.2, 0) is 0 Å². The lowest BCUT2D eigenvalue weighted by Crippen LogP contribution is -2.26. The molecule has 3 rings (SSSR count). The maximum atomic E-state index is 13.3. The molecule has 0 fully saturated rings. The third-order valence-corrected chi connectivity index (χ3v) is 4.27. The molecular weight excluding hydrogens is 334 g/mol. The van der Waals surface area contributed by atoms with Gasteiger partial charge in [0, 0.05) is 18.0 Å². The predicted molar refractivity (Wildman–Crippen MR) is 96.6 cm³/mol. The lowest BCUT2D eigenvalue weighted by Gasteiger charge is -2.15. The van der Waals surface area contributed by atoms with E-state index in [-0.39, 0.29) is 5.91 Å². The van der Waals surface area contributed by atoms with E-state index in [1.807, 2.05) is 25.1 Å². The van der Waals surface area contributed by atoms with E-state index in [4.69, 9.17) is 0 Å². The van der Waals surface area contributed by atoms with Crippen LogP contribution in [0.1, 0.15) is 34.5 Å². The average molecular weight is 352 g/mol. The number of hydrogen-bond acceptors (Lipinski definition) is 2. The lowest BCUT2D eigenvalue weighted by atomic mass is 10.0. The Balaban J connectivity index is 1.74. The molecule has 1 unspecified atom stereocenters. The molecule has 2 aromatic carbocycles. The summed E-state index contributed by atoms with van der Waals surface area (Å²) in [7, 11) is 0. The zero-order valence-electron chi connectivity index (χ0n) is 14.5. The molecule has 3 aromatic rings. The second kappa shape index (κ2) is 7.44. The van der Waals surface area contributed by atoms with Crippen LogP contribution in [0.5, 0.6) is 0 Å². The first-order chi connectivity index (χ1) is 12.5. The number of halogens is 2. The third kappa shape index (κ3) is 3.77. The van der Waals surface area contributed by atoms with Crippen molar-refractivity contribution in [2.75, 3.05) is 0 Å². The third-order valence-electron chi connectivity index (χ3n) is 4.27. The molecule has 1 N–H and O–H groups in total. The van der Waals surface area contributed by atoms with Gasteiger partial charge in [-0.3, -0.25) is 9.78 Å². The first-order valence-electron chi connectivity index (χ1n) is 8.22. The number of aryl methyl sites for hydroxylation is 1. The van der Waals surface area contributed by atoms with Crippen molar-refractivity contribution in [2.24, 2.45) is 0 Å². The van der Waals surface area contributed by atoms with Crippen LogP contribution < -0.4 is 5.32 Å². The molecule has 3 nitrogen and oxygen atoms in total. The number of carbonyl (C=O) groups is 1. The van der Waals surface area contributed by atoms with Gasteiger partial charge in [-0.1, -0.05) is 18.2 Å². The van der Waals surface area contributed by atoms with Crippen LogP contribution in [0.3, 0.4) is 0 Å². The van der Waals surface area contributed by atoms with Gasteiger partial charge < -0.3 is 5.32 Å². The Hall–Kier alpha value is -3.08. The number of carbonyl (C=O) groups excluding carboxylic acids is 1. The highest BCUT2D eigenvalue weighted by molar-refractivity contribution is 5.95. The van der Waals surface area contributed by atoms with Crippen LogP contribution in [0.25, 0.3) is 11.1 Å². The molecule has 0 spiro atoms. The van der Waals surface area contributed by atoms with Gasteiger partial charge in [-0.05, 0) is 66.4 Å². The number of rotatable bonds is 4. The Kier molecular flexibility index (Phi) is 5.07. The summed E-state index contributed by atoms with van der Waals surface area (Å²) in [5.41, 5.74) is 4.10. The average Bonchev–Trinajstić information content (AvgIpc) is 2.64. The Morgan fingerprint density at radius 2 is 1.77 bits per heavy atom. The van der Waals surface area contributed by atoms with Crippen LogP contribution in [-0.4, -0.2) is 10.9 Å². The minimum absolute atomic E-state index is 0.278. The maximum absolute atomic E-state index is 13.3. The Labute approximate surface area is 150 Å². The van der Waals surface area contributed by atoms with E-state index in [9.17, 15) is 13.6 Å². The van der Waals surface area contributed by atoms with E-state index in [0.29, 0.717) is 11.1 Å². The summed E-state index contributed by atoms with van der Waals surface area (Å²) in [6, 6.07) is 12.3. The highest BCUT2D eigenvalue weighted by atomic mass is 19.2. The fourth-order valence-electron chi connectivity index (χ4n) is 2.74. The van der Waals surface area contributed by atoms with Gasteiger partial charge in [0.1, 0.15) is 0 Å². The summed E-state index contributed by atoms with van der Waals surface area (Å²) >= 11 is 0. The van der Waals surface area contributed by atoms with E-state index in [0.717, 1.165) is 28.8 Å². The van der Waals surface area contributed by atoms with Crippen molar-refractivity contribution < 1.29 is 13.6 Å². The maximum Gasteiger partial charge on any atom is 0.251 e. The Morgan fingerprint density at radius 1 is 1.04 bits per heavy atom. The highest BCUT2D eigenvalue weighted by Crippen LogP contribution is 2.23. The molecule has 132 valence electrons. The molecule has 0 aliphatic rings. The first-order valence-corrected chi connectivity index (χ1v) is 8.22. The largest absolute Gasteiger partial charge is 0.346 e. The SMILES string of the molecule is Cc1cnccc1-c1ccc(C(=O)NC(C)c2ccc(F)c(F)c2)cc1. The number of pyridine rings is 1. The van der Waals surface area contributed by atoms with Gasteiger partial charge in [0.2, 0.25) is 0 Å². The quantitative estimate of drug-likeness (QED) is 0.731. The van der Waals surface area contributed by atoms with Crippen molar-refractivity contribution in [3.05, 3.63) is 89.2 Å². The molecule has 1 atom stereocenters. The summed E-state index contributed by atoms with van der Waals surface area (Å²) in [6.07, 6.45) is 3.52. The molecule has 1 heterocycles.